The van der Waals surface area contributed by atoms with Gasteiger partial charge in [0.25, 0.3) is 5.91 Å². The molecule has 0 spiro atoms. The highest BCUT2D eigenvalue weighted by atomic mass is 32.2. The van der Waals surface area contributed by atoms with Crippen molar-refractivity contribution in [3.8, 4) is 0 Å². The molecule has 5 nitrogen and oxygen atoms in total. The summed E-state index contributed by atoms with van der Waals surface area (Å²) in [4.78, 5) is 30.4. The van der Waals surface area contributed by atoms with Crippen LogP contribution in [-0.4, -0.2) is 29.3 Å². The van der Waals surface area contributed by atoms with Crippen LogP contribution in [0.4, 0.5) is 0 Å². The van der Waals surface area contributed by atoms with Crippen LogP contribution in [0.5, 0.6) is 0 Å². The van der Waals surface area contributed by atoms with Crippen LogP contribution < -0.4 is 4.80 Å². The molecule has 1 aromatic heterocycles. The van der Waals surface area contributed by atoms with Crippen LogP contribution in [0.1, 0.15) is 22.8 Å². The minimum atomic E-state index is -0.384. The zero-order valence-corrected chi connectivity index (χ0v) is 17.0. The molecule has 0 saturated carbocycles. The van der Waals surface area contributed by atoms with E-state index in [1.54, 1.807) is 22.4 Å². The highest BCUT2D eigenvalue weighted by molar-refractivity contribution is 7.99. The zero-order chi connectivity index (χ0) is 19.4. The number of thiazole rings is 1. The minimum absolute atomic E-state index is 0.0113. The van der Waals surface area contributed by atoms with Gasteiger partial charge in [-0.15, -0.1) is 11.8 Å². The maximum atomic E-state index is 12.7. The fraction of sp³-hybridized carbons (Fsp3) is 0.250. The number of benzene rings is 2. The van der Waals surface area contributed by atoms with Gasteiger partial charge in [0, 0.05) is 10.5 Å². The van der Waals surface area contributed by atoms with E-state index in [0.717, 1.165) is 26.4 Å². The molecule has 0 saturated heterocycles. The number of amides is 1. The molecule has 3 aromatic rings. The Morgan fingerprint density at radius 2 is 2.04 bits per heavy atom. The highest BCUT2D eigenvalue weighted by Crippen LogP contribution is 2.21. The Morgan fingerprint density at radius 3 is 2.78 bits per heavy atom. The van der Waals surface area contributed by atoms with Gasteiger partial charge in [0.2, 0.25) is 0 Å². The van der Waals surface area contributed by atoms with E-state index in [4.69, 9.17) is 4.74 Å². The molecule has 1 heterocycles. The van der Waals surface area contributed by atoms with E-state index >= 15 is 0 Å². The van der Waals surface area contributed by atoms with Gasteiger partial charge in [0.15, 0.2) is 4.80 Å². The van der Waals surface area contributed by atoms with Crippen molar-refractivity contribution in [2.24, 2.45) is 4.99 Å². The lowest BCUT2D eigenvalue weighted by Gasteiger charge is -2.04. The summed E-state index contributed by atoms with van der Waals surface area (Å²) in [5, 5.41) is 0. The average Bonchev–Trinajstić information content (AvgIpc) is 2.98. The highest BCUT2D eigenvalue weighted by Gasteiger charge is 2.13. The van der Waals surface area contributed by atoms with E-state index in [1.165, 1.54) is 18.4 Å². The lowest BCUT2D eigenvalue weighted by atomic mass is 10.2. The Balaban J connectivity index is 2.08. The molecule has 3 rings (SSSR count). The monoisotopic (exact) mass is 400 g/mol. The number of aryl methyl sites for hydroxylation is 1. The molecule has 0 fully saturated rings. The number of methoxy groups -OCH3 is 1. The van der Waals surface area contributed by atoms with E-state index in [2.05, 4.69) is 11.9 Å². The van der Waals surface area contributed by atoms with Gasteiger partial charge < -0.3 is 9.30 Å². The third-order valence-electron chi connectivity index (χ3n) is 3.94. The molecule has 27 heavy (non-hydrogen) atoms. The first-order valence-electron chi connectivity index (χ1n) is 8.50. The van der Waals surface area contributed by atoms with Crippen molar-refractivity contribution in [2.45, 2.75) is 25.3 Å². The summed E-state index contributed by atoms with van der Waals surface area (Å²) >= 11 is 3.07. The SMILES string of the molecule is CCSc1cccc(C(=O)N=c2sc3cc(C)ccc3n2CC(=O)OC)c1. The van der Waals surface area contributed by atoms with Crippen LogP contribution in [0.25, 0.3) is 10.2 Å². The molecule has 140 valence electrons. The van der Waals surface area contributed by atoms with E-state index < -0.39 is 0 Å². The van der Waals surface area contributed by atoms with Gasteiger partial charge in [0.1, 0.15) is 6.54 Å². The quantitative estimate of drug-likeness (QED) is 0.479. The minimum Gasteiger partial charge on any atom is -0.468 e. The standard InChI is InChI=1S/C20H20N2O3S2/c1-4-26-15-7-5-6-14(11-15)19(24)21-20-22(12-18(23)25-3)16-9-8-13(2)10-17(16)27-20/h5-11H,4,12H2,1-3H3. The number of aromatic nitrogens is 1. The zero-order valence-electron chi connectivity index (χ0n) is 15.4. The molecule has 1 amide bonds. The maximum absolute atomic E-state index is 12.7. The molecule has 0 aliphatic carbocycles. The Labute approximate surface area is 165 Å². The Bertz CT molecular complexity index is 1070. The number of fused-ring (bicyclic) bond motifs is 1. The number of hydrogen-bond donors (Lipinski definition) is 0. The summed E-state index contributed by atoms with van der Waals surface area (Å²) in [6.07, 6.45) is 0. The second-order valence-electron chi connectivity index (χ2n) is 5.90. The van der Waals surface area contributed by atoms with E-state index in [1.807, 2.05) is 43.3 Å². The summed E-state index contributed by atoms with van der Waals surface area (Å²) in [6.45, 7) is 4.08. The molecule has 0 unspecified atom stereocenters. The topological polar surface area (TPSA) is 60.7 Å². The first-order valence-corrected chi connectivity index (χ1v) is 10.3. The van der Waals surface area contributed by atoms with Crippen molar-refractivity contribution < 1.29 is 14.3 Å². The summed E-state index contributed by atoms with van der Waals surface area (Å²) < 4.78 is 7.50. The van der Waals surface area contributed by atoms with Gasteiger partial charge in [-0.2, -0.15) is 4.99 Å². The number of esters is 1. The maximum Gasteiger partial charge on any atom is 0.325 e. The van der Waals surface area contributed by atoms with Gasteiger partial charge in [-0.25, -0.2) is 0 Å². The van der Waals surface area contributed by atoms with Crippen molar-refractivity contribution in [3.05, 3.63) is 58.4 Å². The van der Waals surface area contributed by atoms with Crippen LogP contribution in [0, 0.1) is 6.92 Å². The number of hydrogen-bond acceptors (Lipinski definition) is 5. The van der Waals surface area contributed by atoms with Crippen LogP contribution >= 0.6 is 23.1 Å². The lowest BCUT2D eigenvalue weighted by Crippen LogP contribution is -2.22. The van der Waals surface area contributed by atoms with E-state index in [-0.39, 0.29) is 18.4 Å². The number of ether oxygens (including phenoxy) is 1. The van der Waals surface area contributed by atoms with Crippen molar-refractivity contribution in [1.82, 2.24) is 4.57 Å². The fourth-order valence-corrected chi connectivity index (χ4v) is 4.49. The third kappa shape index (κ3) is 4.48. The predicted octanol–water partition coefficient (Wildman–Crippen LogP) is 4.04. The molecule has 0 radical (unpaired) electrons. The van der Waals surface area contributed by atoms with Gasteiger partial charge in [-0.1, -0.05) is 30.4 Å². The molecule has 0 N–H and O–H groups in total. The Hall–Kier alpha value is -2.38. The van der Waals surface area contributed by atoms with Crippen LogP contribution in [0.15, 0.2) is 52.4 Å². The largest absolute Gasteiger partial charge is 0.468 e. The van der Waals surface area contributed by atoms with Gasteiger partial charge in [-0.05, 0) is 48.6 Å². The molecular weight excluding hydrogens is 380 g/mol. The first kappa shape index (κ1) is 19.4. The lowest BCUT2D eigenvalue weighted by molar-refractivity contribution is -0.141. The fourth-order valence-electron chi connectivity index (χ4n) is 2.65. The van der Waals surface area contributed by atoms with Crippen LogP contribution in [-0.2, 0) is 16.1 Å². The molecular formula is C20H20N2O3S2. The van der Waals surface area contributed by atoms with Gasteiger partial charge >= 0.3 is 5.97 Å². The number of nitrogens with zero attached hydrogens (tertiary/aromatic N) is 2. The summed E-state index contributed by atoms with van der Waals surface area (Å²) in [5.74, 6) is 0.227. The van der Waals surface area contributed by atoms with Crippen molar-refractivity contribution in [3.63, 3.8) is 0 Å². The van der Waals surface area contributed by atoms with Gasteiger partial charge in [-0.3, -0.25) is 9.59 Å². The molecule has 0 aliphatic heterocycles. The second-order valence-corrected chi connectivity index (χ2v) is 8.24. The second kappa shape index (κ2) is 8.54. The molecule has 0 bridgehead atoms. The number of thioether (sulfide) groups is 1. The molecule has 7 heteroatoms. The summed E-state index contributed by atoms with van der Waals surface area (Å²) in [5.41, 5.74) is 2.50. The summed E-state index contributed by atoms with van der Waals surface area (Å²) in [6, 6.07) is 13.4. The number of carbonyl (C=O) groups is 2. The van der Waals surface area contributed by atoms with Crippen LogP contribution in [0.3, 0.4) is 0 Å². The predicted molar refractivity (Wildman–Crippen MR) is 109 cm³/mol. The van der Waals surface area contributed by atoms with E-state index in [9.17, 15) is 9.59 Å². The Morgan fingerprint density at radius 1 is 1.22 bits per heavy atom. The van der Waals surface area contributed by atoms with Crippen LogP contribution in [0.2, 0.25) is 0 Å². The number of rotatable bonds is 5. The molecule has 2 aromatic carbocycles. The first-order chi connectivity index (χ1) is 13.0. The van der Waals surface area contributed by atoms with E-state index in [0.29, 0.717) is 10.4 Å². The van der Waals surface area contributed by atoms with Crippen molar-refractivity contribution >= 4 is 45.2 Å². The van der Waals surface area contributed by atoms with Crippen molar-refractivity contribution in [2.75, 3.05) is 12.9 Å². The smallest absolute Gasteiger partial charge is 0.325 e. The number of carbonyl (C=O) groups excluding carboxylic acids is 2. The van der Waals surface area contributed by atoms with Crippen molar-refractivity contribution in [1.29, 1.82) is 0 Å². The normalized spacial score (nSPS) is 11.7. The van der Waals surface area contributed by atoms with Gasteiger partial charge in [0.05, 0.1) is 17.3 Å². The third-order valence-corrected chi connectivity index (χ3v) is 5.86. The Kier molecular flexibility index (Phi) is 6.13. The molecule has 0 aliphatic rings. The molecule has 0 atom stereocenters. The summed E-state index contributed by atoms with van der Waals surface area (Å²) in [7, 11) is 1.35. The average molecular weight is 401 g/mol.